The van der Waals surface area contributed by atoms with Crippen molar-refractivity contribution in [1.82, 2.24) is 0 Å². The lowest BCUT2D eigenvalue weighted by atomic mass is 10.1. The van der Waals surface area contributed by atoms with E-state index in [1.165, 1.54) is 19.1 Å². The number of quaternary nitrogens is 1. The van der Waals surface area contributed by atoms with E-state index in [9.17, 15) is 10.0 Å². The molecule has 1 aliphatic heterocycles. The third kappa shape index (κ3) is 1.85. The molecule has 0 amide bonds. The van der Waals surface area contributed by atoms with E-state index in [0.717, 1.165) is 0 Å². The number of carbonyl (C=O) groups excluding carboxylic acids is 1. The standard InChI is InChI=1S/C10H11NO5/c1-6(12)7-4-9-10(16-3-2-15-9)5-8(7)11(13)14/h4-5,11,13H,2-3H2,1H3. The Morgan fingerprint density at radius 3 is 2.44 bits per heavy atom. The molecule has 2 N–H and O–H groups in total. The molecule has 6 nitrogen and oxygen atoms in total. The van der Waals surface area contributed by atoms with Crippen molar-refractivity contribution in [2.24, 2.45) is 0 Å². The third-order valence-electron chi connectivity index (χ3n) is 2.29. The van der Waals surface area contributed by atoms with Gasteiger partial charge in [0.25, 0.3) is 0 Å². The van der Waals surface area contributed by atoms with Crippen molar-refractivity contribution in [3.05, 3.63) is 22.9 Å². The van der Waals surface area contributed by atoms with Gasteiger partial charge in [-0.3, -0.25) is 4.79 Å². The highest BCUT2D eigenvalue weighted by atomic mass is 16.8. The van der Waals surface area contributed by atoms with Crippen LogP contribution in [0.3, 0.4) is 0 Å². The average molecular weight is 225 g/mol. The van der Waals surface area contributed by atoms with Gasteiger partial charge in [-0.25, -0.2) is 5.21 Å². The lowest BCUT2D eigenvalue weighted by Crippen LogP contribution is -2.99. The summed E-state index contributed by atoms with van der Waals surface area (Å²) in [7, 11) is 0. The van der Waals surface area contributed by atoms with Gasteiger partial charge < -0.3 is 14.7 Å². The zero-order valence-electron chi connectivity index (χ0n) is 8.65. The minimum Gasteiger partial charge on any atom is -0.595 e. The molecular weight excluding hydrogens is 214 g/mol. The molecule has 0 saturated carbocycles. The van der Waals surface area contributed by atoms with Crippen LogP contribution < -0.4 is 14.7 Å². The highest BCUT2D eigenvalue weighted by Crippen LogP contribution is 2.34. The number of rotatable bonds is 2. The molecule has 86 valence electrons. The van der Waals surface area contributed by atoms with E-state index < -0.39 is 5.23 Å². The van der Waals surface area contributed by atoms with Crippen LogP contribution in [0.25, 0.3) is 0 Å². The van der Waals surface area contributed by atoms with Crippen LogP contribution in [0.4, 0.5) is 5.69 Å². The Morgan fingerprint density at radius 1 is 1.38 bits per heavy atom. The van der Waals surface area contributed by atoms with E-state index >= 15 is 0 Å². The molecule has 0 radical (unpaired) electrons. The third-order valence-corrected chi connectivity index (χ3v) is 2.29. The Balaban J connectivity index is 2.54. The molecule has 1 heterocycles. The lowest BCUT2D eigenvalue weighted by molar-refractivity contribution is -0.991. The molecule has 0 saturated heterocycles. The fourth-order valence-corrected chi connectivity index (χ4v) is 1.56. The van der Waals surface area contributed by atoms with Crippen LogP contribution in [0.2, 0.25) is 0 Å². The van der Waals surface area contributed by atoms with Crippen LogP contribution in [-0.2, 0) is 0 Å². The summed E-state index contributed by atoms with van der Waals surface area (Å²) in [4.78, 5) is 11.3. The normalized spacial score (nSPS) is 15.7. The molecule has 0 aliphatic carbocycles. The summed E-state index contributed by atoms with van der Waals surface area (Å²) in [6.45, 7) is 2.10. The number of nitrogens with one attached hydrogen (secondary N) is 1. The van der Waals surface area contributed by atoms with Crippen LogP contribution in [-0.4, -0.2) is 24.2 Å². The van der Waals surface area contributed by atoms with Crippen LogP contribution in [0, 0.1) is 5.21 Å². The SMILES string of the molecule is CC(=O)c1cc2c(cc1[NH+]([O-])O)OCCO2. The first-order valence-corrected chi connectivity index (χ1v) is 4.77. The van der Waals surface area contributed by atoms with Gasteiger partial charge in [-0.15, -0.1) is 0 Å². The monoisotopic (exact) mass is 225 g/mol. The van der Waals surface area contributed by atoms with E-state index in [2.05, 4.69) is 0 Å². The number of carbonyl (C=O) groups is 1. The van der Waals surface area contributed by atoms with Gasteiger partial charge in [0, 0.05) is 12.1 Å². The van der Waals surface area contributed by atoms with Gasteiger partial charge in [0.15, 0.2) is 23.0 Å². The highest BCUT2D eigenvalue weighted by Gasteiger charge is 2.21. The fourth-order valence-electron chi connectivity index (χ4n) is 1.56. The van der Waals surface area contributed by atoms with Crippen LogP contribution in [0.15, 0.2) is 12.1 Å². The number of hydrogen-bond donors (Lipinski definition) is 2. The number of Topliss-reactive ketones (excluding diaryl/α,β-unsaturated/α-hetero) is 1. The smallest absolute Gasteiger partial charge is 0.178 e. The molecule has 0 fully saturated rings. The quantitative estimate of drug-likeness (QED) is 0.549. The number of ether oxygens (including phenoxy) is 2. The Kier molecular flexibility index (Phi) is 2.78. The molecule has 16 heavy (non-hydrogen) atoms. The second-order valence-corrected chi connectivity index (χ2v) is 3.40. The summed E-state index contributed by atoms with van der Waals surface area (Å²) in [5.41, 5.74) is 0.0773. The number of ketones is 1. The first-order valence-electron chi connectivity index (χ1n) is 4.77. The second-order valence-electron chi connectivity index (χ2n) is 3.40. The van der Waals surface area contributed by atoms with Gasteiger partial charge in [0.1, 0.15) is 13.2 Å². The minimum atomic E-state index is -1.15. The fraction of sp³-hybridized carbons (Fsp3) is 0.300. The van der Waals surface area contributed by atoms with Crippen LogP contribution in [0.5, 0.6) is 11.5 Å². The van der Waals surface area contributed by atoms with Gasteiger partial charge in [-0.05, 0) is 6.92 Å². The summed E-state index contributed by atoms with van der Waals surface area (Å²) in [5, 5.41) is 18.8. The van der Waals surface area contributed by atoms with Gasteiger partial charge in [0.05, 0.1) is 5.56 Å². The summed E-state index contributed by atoms with van der Waals surface area (Å²) >= 11 is 0. The van der Waals surface area contributed by atoms with E-state index in [0.29, 0.717) is 24.7 Å². The molecule has 0 spiro atoms. The summed E-state index contributed by atoms with van der Waals surface area (Å²) in [6, 6.07) is 2.74. The van der Waals surface area contributed by atoms with Crippen molar-refractivity contribution < 1.29 is 24.7 Å². The lowest BCUT2D eigenvalue weighted by Gasteiger charge is -2.21. The van der Waals surface area contributed by atoms with E-state index in [1.54, 1.807) is 0 Å². The number of benzene rings is 1. The van der Waals surface area contributed by atoms with Gasteiger partial charge in [0.2, 0.25) is 0 Å². The van der Waals surface area contributed by atoms with Crippen molar-refractivity contribution in [2.45, 2.75) is 6.92 Å². The van der Waals surface area contributed by atoms with Crippen molar-refractivity contribution in [3.63, 3.8) is 0 Å². The van der Waals surface area contributed by atoms with Crippen LogP contribution >= 0.6 is 0 Å². The Bertz CT molecular complexity index is 429. The largest absolute Gasteiger partial charge is 0.595 e. The van der Waals surface area contributed by atoms with Crippen molar-refractivity contribution in [1.29, 1.82) is 0 Å². The average Bonchev–Trinajstić information content (AvgIpc) is 2.27. The predicted octanol–water partition coefficient (Wildman–Crippen LogP) is 0.0638. The summed E-state index contributed by atoms with van der Waals surface area (Å²) < 4.78 is 10.5. The molecule has 1 aromatic rings. The number of hydrogen-bond acceptors (Lipinski definition) is 5. The predicted molar refractivity (Wildman–Crippen MR) is 53.2 cm³/mol. The molecular formula is C10H11NO5. The molecule has 0 bridgehead atoms. The molecule has 0 aromatic heterocycles. The van der Waals surface area contributed by atoms with E-state index in [4.69, 9.17) is 14.7 Å². The van der Waals surface area contributed by atoms with Crippen LogP contribution in [0.1, 0.15) is 17.3 Å². The second kappa shape index (κ2) is 4.09. The van der Waals surface area contributed by atoms with Crippen molar-refractivity contribution in [2.75, 3.05) is 13.2 Å². The molecule has 1 atom stereocenters. The Morgan fingerprint density at radius 2 is 1.94 bits per heavy atom. The molecule has 1 aliphatic rings. The maximum Gasteiger partial charge on any atom is 0.178 e. The summed E-state index contributed by atoms with van der Waals surface area (Å²) in [6.07, 6.45) is 0. The van der Waals surface area contributed by atoms with Crippen molar-refractivity contribution in [3.8, 4) is 11.5 Å². The maximum atomic E-state index is 11.3. The number of fused-ring (bicyclic) bond motifs is 1. The van der Waals surface area contributed by atoms with Gasteiger partial charge in [-0.1, -0.05) is 0 Å². The molecule has 6 heteroatoms. The van der Waals surface area contributed by atoms with E-state index in [1.807, 2.05) is 0 Å². The zero-order valence-corrected chi connectivity index (χ0v) is 8.65. The van der Waals surface area contributed by atoms with Gasteiger partial charge >= 0.3 is 0 Å². The summed E-state index contributed by atoms with van der Waals surface area (Å²) in [5.74, 6) is 0.476. The molecule has 1 aromatic carbocycles. The first kappa shape index (κ1) is 10.9. The molecule has 1 unspecified atom stereocenters. The van der Waals surface area contributed by atoms with E-state index in [-0.39, 0.29) is 17.0 Å². The van der Waals surface area contributed by atoms with Gasteiger partial charge in [-0.2, -0.15) is 5.23 Å². The minimum absolute atomic E-state index is 0.0586. The Labute approximate surface area is 91.5 Å². The zero-order chi connectivity index (χ0) is 11.7. The Hall–Kier alpha value is -1.63. The highest BCUT2D eigenvalue weighted by molar-refractivity contribution is 5.98. The topological polar surface area (TPSA) is 83.3 Å². The maximum absolute atomic E-state index is 11.3. The molecule has 2 rings (SSSR count). The first-order chi connectivity index (χ1) is 7.59. The van der Waals surface area contributed by atoms with Crippen molar-refractivity contribution >= 4 is 11.5 Å².